The van der Waals surface area contributed by atoms with Gasteiger partial charge in [0.2, 0.25) is 5.91 Å². The molecular formula is C14H31N3O3. The molecule has 0 saturated carbocycles. The Labute approximate surface area is 123 Å². The zero-order valence-electron chi connectivity index (χ0n) is 13.2. The highest BCUT2D eigenvalue weighted by atomic mass is 16.5. The third-order valence-corrected chi connectivity index (χ3v) is 3.00. The molecule has 0 aromatic rings. The maximum atomic E-state index is 10.8. The van der Waals surface area contributed by atoms with Crippen LogP contribution in [-0.4, -0.2) is 70.0 Å². The van der Waals surface area contributed by atoms with Gasteiger partial charge in [-0.25, -0.2) is 0 Å². The Morgan fingerprint density at radius 1 is 1.25 bits per heavy atom. The summed E-state index contributed by atoms with van der Waals surface area (Å²) in [7, 11) is 2.13. The lowest BCUT2D eigenvalue weighted by Gasteiger charge is -2.28. The number of hydrogen-bond donors (Lipinski definition) is 2. The van der Waals surface area contributed by atoms with Crippen molar-refractivity contribution >= 4 is 5.91 Å². The fourth-order valence-corrected chi connectivity index (χ4v) is 1.86. The third kappa shape index (κ3) is 10.1. The van der Waals surface area contributed by atoms with Crippen molar-refractivity contribution in [2.45, 2.75) is 32.8 Å². The number of nitrogens with one attached hydrogen (secondary N) is 1. The second-order valence-electron chi connectivity index (χ2n) is 4.54. The summed E-state index contributed by atoms with van der Waals surface area (Å²) >= 11 is 0. The summed E-state index contributed by atoms with van der Waals surface area (Å²) in [5.41, 5.74) is 5.15. The van der Waals surface area contributed by atoms with Crippen LogP contribution in [0.2, 0.25) is 0 Å². The number of piperidine rings is 1. The third-order valence-electron chi connectivity index (χ3n) is 3.00. The summed E-state index contributed by atoms with van der Waals surface area (Å²) in [5.74, 6) is -0.152. The average molecular weight is 289 g/mol. The Bertz CT molecular complexity index is 232. The molecule has 1 heterocycles. The van der Waals surface area contributed by atoms with Gasteiger partial charge in [0.15, 0.2) is 0 Å². The van der Waals surface area contributed by atoms with Gasteiger partial charge >= 0.3 is 0 Å². The normalized spacial score (nSPS) is 16.4. The Morgan fingerprint density at radius 2 is 1.90 bits per heavy atom. The summed E-state index contributed by atoms with van der Waals surface area (Å²) < 4.78 is 11.1. The minimum Gasteiger partial charge on any atom is -0.377 e. The van der Waals surface area contributed by atoms with Crippen molar-refractivity contribution < 1.29 is 14.3 Å². The highest BCUT2D eigenvalue weighted by molar-refractivity contribution is 5.77. The zero-order chi connectivity index (χ0) is 15.2. The first kappa shape index (κ1) is 19.3. The summed E-state index contributed by atoms with van der Waals surface area (Å²) in [6, 6.07) is 0. The van der Waals surface area contributed by atoms with Gasteiger partial charge < -0.3 is 25.4 Å². The lowest BCUT2D eigenvalue weighted by atomic mass is 10.1. The van der Waals surface area contributed by atoms with Gasteiger partial charge in [0.25, 0.3) is 0 Å². The molecule has 0 aromatic heterocycles. The molecule has 0 bridgehead atoms. The molecule has 6 nitrogen and oxygen atoms in total. The summed E-state index contributed by atoms with van der Waals surface area (Å²) in [4.78, 5) is 13.1. The number of hydrogen-bond acceptors (Lipinski definition) is 5. The monoisotopic (exact) mass is 289 g/mol. The first-order valence-electron chi connectivity index (χ1n) is 7.57. The van der Waals surface area contributed by atoms with Gasteiger partial charge in [0.05, 0.1) is 32.5 Å². The number of carbonyl (C=O) groups excluding carboxylic acids is 1. The minimum atomic E-state index is -0.152. The van der Waals surface area contributed by atoms with Crippen LogP contribution < -0.4 is 11.1 Å². The van der Waals surface area contributed by atoms with Gasteiger partial charge in [0, 0.05) is 19.6 Å². The molecule has 0 radical (unpaired) electrons. The van der Waals surface area contributed by atoms with E-state index in [4.69, 9.17) is 15.2 Å². The standard InChI is InChI=1S/C12H25N3O3.C2H6/c1-15-5-2-11(3-6-15)18-9-8-17-7-4-14-12(16)10-13;1-2/h11H,2-10,13H2,1H3,(H,14,16);1-2H3. The molecule has 20 heavy (non-hydrogen) atoms. The Morgan fingerprint density at radius 3 is 2.50 bits per heavy atom. The largest absolute Gasteiger partial charge is 0.377 e. The molecule has 1 saturated heterocycles. The number of nitrogens with zero attached hydrogens (tertiary/aromatic N) is 1. The van der Waals surface area contributed by atoms with E-state index < -0.39 is 0 Å². The van der Waals surface area contributed by atoms with Crippen LogP contribution in [0.15, 0.2) is 0 Å². The molecule has 1 amide bonds. The van der Waals surface area contributed by atoms with Gasteiger partial charge in [0.1, 0.15) is 0 Å². The molecule has 120 valence electrons. The molecule has 6 heteroatoms. The smallest absolute Gasteiger partial charge is 0.233 e. The fourth-order valence-electron chi connectivity index (χ4n) is 1.86. The zero-order valence-corrected chi connectivity index (χ0v) is 13.2. The van der Waals surface area contributed by atoms with Gasteiger partial charge in [-0.3, -0.25) is 4.79 Å². The van der Waals surface area contributed by atoms with E-state index in [1.165, 1.54) is 0 Å². The second kappa shape index (κ2) is 13.3. The van der Waals surface area contributed by atoms with E-state index >= 15 is 0 Å². The van der Waals surface area contributed by atoms with Crippen LogP contribution in [0.5, 0.6) is 0 Å². The average Bonchev–Trinajstić information content (AvgIpc) is 2.50. The van der Waals surface area contributed by atoms with Crippen molar-refractivity contribution in [1.82, 2.24) is 10.2 Å². The predicted molar refractivity (Wildman–Crippen MR) is 80.7 cm³/mol. The van der Waals surface area contributed by atoms with Gasteiger partial charge in [-0.05, 0) is 19.9 Å². The summed E-state index contributed by atoms with van der Waals surface area (Å²) in [5, 5.41) is 2.64. The van der Waals surface area contributed by atoms with Gasteiger partial charge in [-0.15, -0.1) is 0 Å². The van der Waals surface area contributed by atoms with Crippen molar-refractivity contribution in [3.05, 3.63) is 0 Å². The Hall–Kier alpha value is -0.690. The lowest BCUT2D eigenvalue weighted by Crippen LogP contribution is -2.35. The molecular weight excluding hydrogens is 258 g/mol. The molecule has 0 atom stereocenters. The van der Waals surface area contributed by atoms with E-state index in [1.54, 1.807) is 0 Å². The van der Waals surface area contributed by atoms with E-state index in [1.807, 2.05) is 13.8 Å². The summed E-state index contributed by atoms with van der Waals surface area (Å²) in [6.07, 6.45) is 2.58. The topological polar surface area (TPSA) is 76.8 Å². The molecule has 1 aliphatic heterocycles. The summed E-state index contributed by atoms with van der Waals surface area (Å²) in [6.45, 7) is 8.45. The van der Waals surface area contributed by atoms with Crippen LogP contribution in [-0.2, 0) is 14.3 Å². The number of likely N-dealkylation sites (tertiary alicyclic amines) is 1. The highest BCUT2D eigenvalue weighted by Crippen LogP contribution is 2.11. The van der Waals surface area contributed by atoms with Crippen molar-refractivity contribution in [3.63, 3.8) is 0 Å². The van der Waals surface area contributed by atoms with E-state index in [0.29, 0.717) is 32.5 Å². The molecule has 0 spiro atoms. The maximum Gasteiger partial charge on any atom is 0.233 e. The highest BCUT2D eigenvalue weighted by Gasteiger charge is 2.16. The van der Waals surface area contributed by atoms with E-state index in [0.717, 1.165) is 25.9 Å². The second-order valence-corrected chi connectivity index (χ2v) is 4.54. The van der Waals surface area contributed by atoms with Crippen LogP contribution in [0, 0.1) is 0 Å². The van der Waals surface area contributed by atoms with Crippen molar-refractivity contribution in [2.75, 3.05) is 53.0 Å². The SMILES string of the molecule is CC.CN1CCC(OCCOCCNC(=O)CN)CC1. The quantitative estimate of drug-likeness (QED) is 0.625. The van der Waals surface area contributed by atoms with E-state index in [2.05, 4.69) is 17.3 Å². The first-order chi connectivity index (χ1) is 9.72. The molecule has 0 aliphatic carbocycles. The Kier molecular flexibility index (Phi) is 12.8. The van der Waals surface area contributed by atoms with E-state index in [-0.39, 0.29) is 12.5 Å². The molecule has 3 N–H and O–H groups in total. The van der Waals surface area contributed by atoms with Crippen molar-refractivity contribution in [2.24, 2.45) is 5.73 Å². The number of ether oxygens (including phenoxy) is 2. The van der Waals surface area contributed by atoms with E-state index in [9.17, 15) is 4.79 Å². The number of amides is 1. The van der Waals surface area contributed by atoms with Crippen LogP contribution in [0.4, 0.5) is 0 Å². The number of nitrogens with two attached hydrogens (primary N) is 1. The maximum absolute atomic E-state index is 10.8. The van der Waals surface area contributed by atoms with Crippen LogP contribution in [0.3, 0.4) is 0 Å². The van der Waals surface area contributed by atoms with Crippen molar-refractivity contribution in [3.8, 4) is 0 Å². The minimum absolute atomic E-state index is 0.0270. The molecule has 1 fully saturated rings. The Balaban J connectivity index is 0.00000172. The molecule has 0 aromatic carbocycles. The lowest BCUT2D eigenvalue weighted by molar-refractivity contribution is -0.120. The first-order valence-corrected chi connectivity index (χ1v) is 7.57. The van der Waals surface area contributed by atoms with Crippen LogP contribution in [0.1, 0.15) is 26.7 Å². The van der Waals surface area contributed by atoms with Gasteiger partial charge in [-0.1, -0.05) is 13.8 Å². The molecule has 1 aliphatic rings. The van der Waals surface area contributed by atoms with Crippen molar-refractivity contribution in [1.29, 1.82) is 0 Å². The predicted octanol–water partition coefficient (Wildman–Crippen LogP) is 0.215. The fraction of sp³-hybridized carbons (Fsp3) is 0.929. The van der Waals surface area contributed by atoms with Crippen LogP contribution in [0.25, 0.3) is 0 Å². The number of carbonyl (C=O) groups is 1. The molecule has 1 rings (SSSR count). The number of rotatable bonds is 8. The van der Waals surface area contributed by atoms with Gasteiger partial charge in [-0.2, -0.15) is 0 Å². The van der Waals surface area contributed by atoms with Crippen LogP contribution >= 0.6 is 0 Å². The molecule has 0 unspecified atom stereocenters.